The van der Waals surface area contributed by atoms with E-state index in [-0.39, 0.29) is 24.7 Å². The number of carbonyl (C=O) groups is 2. The Morgan fingerprint density at radius 3 is 2.03 bits per heavy atom. The molecule has 1 atom stereocenters. The first-order chi connectivity index (χ1) is 14.1. The molecule has 1 unspecified atom stereocenters. The molecule has 2 amide bonds. The molecule has 0 fully saturated rings. The number of carbonyl (C=O) groups excluding carboxylic acids is 2. The highest BCUT2D eigenvalue weighted by Gasteiger charge is 2.33. The molecule has 0 bridgehead atoms. The number of nitrogens with one attached hydrogen (secondary N) is 3. The van der Waals surface area contributed by atoms with Gasteiger partial charge in [0.05, 0.1) is 17.8 Å². The average Bonchev–Trinajstić information content (AvgIpc) is 2.67. The first-order valence-electron chi connectivity index (χ1n) is 9.79. The van der Waals surface area contributed by atoms with Crippen LogP contribution in [0.3, 0.4) is 0 Å². The summed E-state index contributed by atoms with van der Waals surface area (Å²) in [6, 6.07) is 12.3. The minimum atomic E-state index is -4.56. The summed E-state index contributed by atoms with van der Waals surface area (Å²) in [6.45, 7) is 6.33. The van der Waals surface area contributed by atoms with E-state index in [2.05, 4.69) is 24.5 Å². The highest BCUT2D eigenvalue weighted by Crippen LogP contribution is 2.34. The predicted octanol–water partition coefficient (Wildman–Crippen LogP) is 3.31. The number of hydrogen-bond acceptors (Lipinski definition) is 2. The number of amides is 2. The van der Waals surface area contributed by atoms with E-state index in [1.54, 1.807) is 6.92 Å². The van der Waals surface area contributed by atoms with Crippen molar-refractivity contribution in [3.63, 3.8) is 0 Å². The Kier molecular flexibility index (Phi) is 8.00. The quantitative estimate of drug-likeness (QED) is 0.611. The molecule has 0 radical (unpaired) electrons. The summed E-state index contributed by atoms with van der Waals surface area (Å²) in [4.78, 5) is 25.2. The molecule has 0 aliphatic carbocycles. The van der Waals surface area contributed by atoms with Crippen LogP contribution in [0.25, 0.3) is 0 Å². The molecule has 30 heavy (non-hydrogen) atoms. The largest absolute Gasteiger partial charge is 0.418 e. The molecule has 0 saturated heterocycles. The van der Waals surface area contributed by atoms with Crippen LogP contribution in [-0.4, -0.2) is 31.4 Å². The molecule has 0 aliphatic heterocycles. The summed E-state index contributed by atoms with van der Waals surface area (Å²) in [7, 11) is 0. The lowest BCUT2D eigenvalue weighted by Crippen LogP contribution is -3.13. The van der Waals surface area contributed by atoms with E-state index >= 15 is 0 Å². The zero-order valence-corrected chi connectivity index (χ0v) is 17.3. The maximum Gasteiger partial charge on any atom is 0.418 e. The van der Waals surface area contributed by atoms with Gasteiger partial charge in [-0.25, -0.2) is 0 Å². The van der Waals surface area contributed by atoms with Crippen LogP contribution >= 0.6 is 0 Å². The second-order valence-electron chi connectivity index (χ2n) is 7.37. The second-order valence-corrected chi connectivity index (χ2v) is 7.37. The van der Waals surface area contributed by atoms with Gasteiger partial charge in [0, 0.05) is 5.69 Å². The SMILES string of the molecule is CC[NH+](CC(=O)Nc1ccc(C(C)C)cc1)CC(=O)Nc1ccccc1C(F)(F)F. The van der Waals surface area contributed by atoms with Crippen molar-refractivity contribution in [3.05, 3.63) is 59.7 Å². The second kappa shape index (κ2) is 10.2. The molecule has 2 aromatic rings. The van der Waals surface area contributed by atoms with Gasteiger partial charge >= 0.3 is 6.18 Å². The fourth-order valence-electron chi connectivity index (χ4n) is 2.96. The Morgan fingerprint density at radius 2 is 1.50 bits per heavy atom. The van der Waals surface area contributed by atoms with Gasteiger partial charge in [-0.15, -0.1) is 0 Å². The maximum atomic E-state index is 13.1. The number of para-hydroxylation sites is 1. The fourth-order valence-corrected chi connectivity index (χ4v) is 2.96. The fraction of sp³-hybridized carbons (Fsp3) is 0.364. The van der Waals surface area contributed by atoms with Crippen LogP contribution in [0.5, 0.6) is 0 Å². The van der Waals surface area contributed by atoms with Crippen molar-refractivity contribution in [1.29, 1.82) is 0 Å². The van der Waals surface area contributed by atoms with E-state index in [1.807, 2.05) is 24.3 Å². The van der Waals surface area contributed by atoms with Crippen LogP contribution in [0.4, 0.5) is 24.5 Å². The molecule has 0 aromatic heterocycles. The van der Waals surface area contributed by atoms with Gasteiger partial charge in [0.25, 0.3) is 11.8 Å². The summed E-state index contributed by atoms with van der Waals surface area (Å²) in [5.41, 5.74) is 0.618. The summed E-state index contributed by atoms with van der Waals surface area (Å²) >= 11 is 0. The normalized spacial score (nSPS) is 12.5. The molecular weight excluding hydrogens is 395 g/mol. The molecule has 0 aliphatic rings. The Bertz CT molecular complexity index is 865. The molecule has 5 nitrogen and oxygen atoms in total. The molecule has 0 spiro atoms. The molecule has 3 N–H and O–H groups in total. The number of benzene rings is 2. The lowest BCUT2D eigenvalue weighted by molar-refractivity contribution is -0.881. The molecule has 0 saturated carbocycles. The zero-order chi connectivity index (χ0) is 22.3. The van der Waals surface area contributed by atoms with E-state index in [9.17, 15) is 22.8 Å². The van der Waals surface area contributed by atoms with E-state index < -0.39 is 17.6 Å². The van der Waals surface area contributed by atoms with Gasteiger partial charge in [-0.05, 0) is 42.7 Å². The van der Waals surface area contributed by atoms with E-state index in [4.69, 9.17) is 0 Å². The highest BCUT2D eigenvalue weighted by atomic mass is 19.4. The third-order valence-corrected chi connectivity index (χ3v) is 4.69. The van der Waals surface area contributed by atoms with E-state index in [0.717, 1.165) is 11.6 Å². The Morgan fingerprint density at radius 1 is 0.933 bits per heavy atom. The number of alkyl halides is 3. The third-order valence-electron chi connectivity index (χ3n) is 4.69. The highest BCUT2D eigenvalue weighted by molar-refractivity contribution is 5.93. The van der Waals surface area contributed by atoms with Gasteiger partial charge in [-0.2, -0.15) is 13.2 Å². The molecular formula is C22H27F3N3O2+. The van der Waals surface area contributed by atoms with Crippen LogP contribution in [0.15, 0.2) is 48.5 Å². The van der Waals surface area contributed by atoms with E-state index in [1.165, 1.54) is 18.2 Å². The number of likely N-dealkylation sites (N-methyl/N-ethyl adjacent to an activating group) is 1. The Labute approximate surface area is 174 Å². The number of hydrogen-bond donors (Lipinski definition) is 3. The van der Waals surface area contributed by atoms with Crippen molar-refractivity contribution in [2.45, 2.75) is 32.9 Å². The topological polar surface area (TPSA) is 62.6 Å². The summed E-state index contributed by atoms with van der Waals surface area (Å²) in [5.74, 6) is -0.471. The van der Waals surface area contributed by atoms with Gasteiger partial charge in [-0.1, -0.05) is 38.1 Å². The zero-order valence-electron chi connectivity index (χ0n) is 17.3. The number of quaternary nitrogens is 1. The Hall–Kier alpha value is -2.87. The first-order valence-corrected chi connectivity index (χ1v) is 9.79. The van der Waals surface area contributed by atoms with Crippen molar-refractivity contribution in [1.82, 2.24) is 0 Å². The summed E-state index contributed by atoms with van der Waals surface area (Å²) in [6.07, 6.45) is -4.56. The van der Waals surface area contributed by atoms with Gasteiger partial charge in [-0.3, -0.25) is 9.59 Å². The van der Waals surface area contributed by atoms with Gasteiger partial charge < -0.3 is 15.5 Å². The molecule has 0 heterocycles. The standard InChI is InChI=1S/C22H26F3N3O2/c1-4-28(13-20(29)26-17-11-9-16(10-12-17)15(2)3)14-21(30)27-19-8-6-5-7-18(19)22(23,24)25/h5-12,15H,4,13-14H2,1-3H3,(H,26,29)(H,27,30)/p+1. The van der Waals surface area contributed by atoms with Crippen molar-refractivity contribution >= 4 is 23.2 Å². The van der Waals surface area contributed by atoms with Gasteiger partial charge in [0.1, 0.15) is 0 Å². The van der Waals surface area contributed by atoms with E-state index in [0.29, 0.717) is 23.0 Å². The summed E-state index contributed by atoms with van der Waals surface area (Å²) in [5, 5.41) is 5.09. The number of anilines is 2. The maximum absolute atomic E-state index is 13.1. The molecule has 8 heteroatoms. The minimum Gasteiger partial charge on any atom is -0.321 e. The van der Waals surface area contributed by atoms with Crippen LogP contribution in [-0.2, 0) is 15.8 Å². The third kappa shape index (κ3) is 6.88. The minimum absolute atomic E-state index is 0.0246. The van der Waals surface area contributed by atoms with Crippen LogP contribution in [0.1, 0.15) is 37.8 Å². The lowest BCUT2D eigenvalue weighted by atomic mass is 10.0. The van der Waals surface area contributed by atoms with Gasteiger partial charge in [0.2, 0.25) is 0 Å². The average molecular weight is 422 g/mol. The molecule has 2 aromatic carbocycles. The van der Waals surface area contributed by atoms with Gasteiger partial charge in [0.15, 0.2) is 13.1 Å². The van der Waals surface area contributed by atoms with Crippen LogP contribution in [0.2, 0.25) is 0 Å². The number of halogens is 3. The predicted molar refractivity (Wildman–Crippen MR) is 110 cm³/mol. The van der Waals surface area contributed by atoms with Crippen molar-refractivity contribution in [2.75, 3.05) is 30.3 Å². The number of rotatable bonds is 8. The van der Waals surface area contributed by atoms with Crippen molar-refractivity contribution < 1.29 is 27.7 Å². The molecule has 162 valence electrons. The first kappa shape index (κ1) is 23.4. The lowest BCUT2D eigenvalue weighted by Gasteiger charge is -2.18. The van der Waals surface area contributed by atoms with Crippen molar-refractivity contribution in [2.24, 2.45) is 0 Å². The van der Waals surface area contributed by atoms with Crippen LogP contribution < -0.4 is 15.5 Å². The monoisotopic (exact) mass is 422 g/mol. The summed E-state index contributed by atoms with van der Waals surface area (Å²) < 4.78 is 39.2. The Balaban J connectivity index is 1.93. The van der Waals surface area contributed by atoms with Crippen molar-refractivity contribution in [3.8, 4) is 0 Å². The van der Waals surface area contributed by atoms with Crippen LogP contribution in [0, 0.1) is 0 Å². The molecule has 2 rings (SSSR count). The smallest absolute Gasteiger partial charge is 0.321 e.